The Kier molecular flexibility index (Phi) is 7.20. The SMILES string of the molecule is CCN1CCCC(C(C)NC(C)CCN(C)C)C1. The van der Waals surface area contributed by atoms with Gasteiger partial charge < -0.3 is 15.1 Å². The van der Waals surface area contributed by atoms with Crippen LogP contribution in [0, 0.1) is 5.92 Å². The lowest BCUT2D eigenvalue weighted by Gasteiger charge is -2.36. The van der Waals surface area contributed by atoms with E-state index < -0.39 is 0 Å². The van der Waals surface area contributed by atoms with Gasteiger partial charge in [0.25, 0.3) is 0 Å². The van der Waals surface area contributed by atoms with E-state index in [0.29, 0.717) is 12.1 Å². The summed E-state index contributed by atoms with van der Waals surface area (Å²) in [7, 11) is 4.30. The maximum absolute atomic E-state index is 3.80. The van der Waals surface area contributed by atoms with Gasteiger partial charge in [0.05, 0.1) is 0 Å². The Morgan fingerprint density at radius 1 is 1.33 bits per heavy atom. The lowest BCUT2D eigenvalue weighted by atomic mass is 9.91. The van der Waals surface area contributed by atoms with Crippen LogP contribution in [-0.2, 0) is 0 Å². The van der Waals surface area contributed by atoms with Crippen LogP contribution in [0.1, 0.15) is 40.0 Å². The smallest absolute Gasteiger partial charge is 0.00817 e. The molecule has 3 heteroatoms. The molecule has 1 N–H and O–H groups in total. The minimum Gasteiger partial charge on any atom is -0.311 e. The van der Waals surface area contributed by atoms with Gasteiger partial charge in [-0.25, -0.2) is 0 Å². The van der Waals surface area contributed by atoms with Crippen molar-refractivity contribution in [2.45, 2.75) is 52.1 Å². The van der Waals surface area contributed by atoms with Gasteiger partial charge in [0.2, 0.25) is 0 Å². The van der Waals surface area contributed by atoms with Crippen LogP contribution in [0.25, 0.3) is 0 Å². The minimum atomic E-state index is 0.624. The summed E-state index contributed by atoms with van der Waals surface area (Å²) in [5.41, 5.74) is 0. The van der Waals surface area contributed by atoms with Crippen molar-refractivity contribution in [1.82, 2.24) is 15.1 Å². The number of rotatable bonds is 7. The first-order valence-electron chi connectivity index (χ1n) is 7.66. The predicted molar refractivity (Wildman–Crippen MR) is 80.1 cm³/mol. The third kappa shape index (κ3) is 5.68. The van der Waals surface area contributed by atoms with Crippen LogP contribution in [0.4, 0.5) is 0 Å². The van der Waals surface area contributed by atoms with E-state index in [1.807, 2.05) is 0 Å². The summed E-state index contributed by atoms with van der Waals surface area (Å²) in [6.45, 7) is 11.9. The summed E-state index contributed by atoms with van der Waals surface area (Å²) in [6.07, 6.45) is 4.00. The Labute approximate surface area is 114 Å². The molecule has 108 valence electrons. The van der Waals surface area contributed by atoms with Gasteiger partial charge in [0.15, 0.2) is 0 Å². The van der Waals surface area contributed by atoms with Crippen LogP contribution >= 0.6 is 0 Å². The fourth-order valence-electron chi connectivity index (χ4n) is 2.91. The highest BCUT2D eigenvalue weighted by Gasteiger charge is 2.24. The molecule has 3 unspecified atom stereocenters. The van der Waals surface area contributed by atoms with Crippen molar-refractivity contribution in [2.24, 2.45) is 5.92 Å². The van der Waals surface area contributed by atoms with E-state index in [-0.39, 0.29) is 0 Å². The maximum atomic E-state index is 3.80. The molecule has 1 rings (SSSR count). The monoisotopic (exact) mass is 255 g/mol. The number of hydrogen-bond donors (Lipinski definition) is 1. The number of piperidine rings is 1. The molecule has 1 aliphatic heterocycles. The fourth-order valence-corrected chi connectivity index (χ4v) is 2.91. The van der Waals surface area contributed by atoms with Crippen molar-refractivity contribution in [1.29, 1.82) is 0 Å². The first-order valence-corrected chi connectivity index (χ1v) is 7.66. The highest BCUT2D eigenvalue weighted by Crippen LogP contribution is 2.19. The van der Waals surface area contributed by atoms with E-state index in [9.17, 15) is 0 Å². The third-order valence-corrected chi connectivity index (χ3v) is 4.25. The molecule has 0 aromatic rings. The molecule has 1 aliphatic rings. The van der Waals surface area contributed by atoms with Crippen LogP contribution in [-0.4, -0.2) is 62.2 Å². The van der Waals surface area contributed by atoms with Crippen molar-refractivity contribution in [3.05, 3.63) is 0 Å². The Morgan fingerprint density at radius 3 is 2.67 bits per heavy atom. The van der Waals surface area contributed by atoms with Crippen LogP contribution in [0.15, 0.2) is 0 Å². The molecule has 0 aromatic heterocycles. The summed E-state index contributed by atoms with van der Waals surface area (Å²) in [4.78, 5) is 4.86. The second-order valence-corrected chi connectivity index (χ2v) is 6.24. The zero-order chi connectivity index (χ0) is 13.5. The Morgan fingerprint density at radius 2 is 2.06 bits per heavy atom. The van der Waals surface area contributed by atoms with E-state index in [1.165, 1.54) is 45.4 Å². The van der Waals surface area contributed by atoms with Crippen molar-refractivity contribution in [3.63, 3.8) is 0 Å². The molecule has 0 bridgehead atoms. The minimum absolute atomic E-state index is 0.624. The largest absolute Gasteiger partial charge is 0.311 e. The summed E-state index contributed by atoms with van der Waals surface area (Å²) in [5.74, 6) is 0.834. The van der Waals surface area contributed by atoms with Crippen LogP contribution in [0.5, 0.6) is 0 Å². The number of nitrogens with zero attached hydrogens (tertiary/aromatic N) is 2. The molecule has 0 aliphatic carbocycles. The molecular formula is C15H33N3. The average Bonchev–Trinajstić information content (AvgIpc) is 2.36. The second-order valence-electron chi connectivity index (χ2n) is 6.24. The number of likely N-dealkylation sites (tertiary alicyclic amines) is 1. The van der Waals surface area contributed by atoms with Gasteiger partial charge in [0.1, 0.15) is 0 Å². The molecule has 3 nitrogen and oxygen atoms in total. The number of hydrogen-bond acceptors (Lipinski definition) is 3. The van der Waals surface area contributed by atoms with Crippen LogP contribution in [0.3, 0.4) is 0 Å². The maximum Gasteiger partial charge on any atom is 0.00817 e. The third-order valence-electron chi connectivity index (χ3n) is 4.25. The van der Waals surface area contributed by atoms with E-state index >= 15 is 0 Å². The lowest BCUT2D eigenvalue weighted by molar-refractivity contribution is 0.152. The lowest BCUT2D eigenvalue weighted by Crippen LogP contribution is -2.47. The Balaban J connectivity index is 2.28. The van der Waals surface area contributed by atoms with Gasteiger partial charge in [-0.3, -0.25) is 0 Å². The van der Waals surface area contributed by atoms with Gasteiger partial charge in [-0.1, -0.05) is 6.92 Å². The molecule has 0 spiro atoms. The summed E-state index contributed by atoms with van der Waals surface area (Å²) < 4.78 is 0. The zero-order valence-corrected chi connectivity index (χ0v) is 13.1. The molecule has 0 amide bonds. The summed E-state index contributed by atoms with van der Waals surface area (Å²) >= 11 is 0. The molecule has 18 heavy (non-hydrogen) atoms. The standard InChI is InChI=1S/C15H33N3/c1-6-18-10-7-8-15(12-18)14(3)16-13(2)9-11-17(4)5/h13-16H,6-12H2,1-5H3. The van der Waals surface area contributed by atoms with Crippen molar-refractivity contribution in [2.75, 3.05) is 40.3 Å². The van der Waals surface area contributed by atoms with Crippen molar-refractivity contribution < 1.29 is 0 Å². The van der Waals surface area contributed by atoms with E-state index in [2.05, 4.69) is 50.0 Å². The quantitative estimate of drug-likeness (QED) is 0.751. The molecular weight excluding hydrogens is 222 g/mol. The van der Waals surface area contributed by atoms with Crippen LogP contribution < -0.4 is 5.32 Å². The van der Waals surface area contributed by atoms with Gasteiger partial charge in [-0.2, -0.15) is 0 Å². The predicted octanol–water partition coefficient (Wildman–Crippen LogP) is 2.04. The molecule has 1 fully saturated rings. The number of nitrogens with one attached hydrogen (secondary N) is 1. The topological polar surface area (TPSA) is 18.5 Å². The van der Waals surface area contributed by atoms with Gasteiger partial charge >= 0.3 is 0 Å². The summed E-state index contributed by atoms with van der Waals surface area (Å²) in [5, 5.41) is 3.80. The summed E-state index contributed by atoms with van der Waals surface area (Å²) in [6, 6.07) is 1.27. The molecule has 1 saturated heterocycles. The van der Waals surface area contributed by atoms with E-state index in [0.717, 1.165) is 5.92 Å². The van der Waals surface area contributed by atoms with Crippen molar-refractivity contribution in [3.8, 4) is 0 Å². The van der Waals surface area contributed by atoms with Gasteiger partial charge in [-0.05, 0) is 72.8 Å². The molecule has 3 atom stereocenters. The molecule has 0 saturated carbocycles. The van der Waals surface area contributed by atoms with E-state index in [4.69, 9.17) is 0 Å². The highest BCUT2D eigenvalue weighted by atomic mass is 15.1. The first kappa shape index (κ1) is 15.9. The van der Waals surface area contributed by atoms with Gasteiger partial charge in [0, 0.05) is 18.6 Å². The van der Waals surface area contributed by atoms with Crippen LogP contribution in [0.2, 0.25) is 0 Å². The highest BCUT2D eigenvalue weighted by molar-refractivity contribution is 4.81. The second kappa shape index (κ2) is 8.13. The fraction of sp³-hybridized carbons (Fsp3) is 1.00. The first-order chi connectivity index (χ1) is 8.52. The van der Waals surface area contributed by atoms with E-state index in [1.54, 1.807) is 0 Å². The van der Waals surface area contributed by atoms with Gasteiger partial charge in [-0.15, -0.1) is 0 Å². The van der Waals surface area contributed by atoms with Crippen molar-refractivity contribution >= 4 is 0 Å². The molecule has 0 aromatic carbocycles. The Hall–Kier alpha value is -0.120. The molecule has 1 heterocycles. The average molecular weight is 255 g/mol. The zero-order valence-electron chi connectivity index (χ0n) is 13.1. The molecule has 0 radical (unpaired) electrons. The Bertz CT molecular complexity index is 218. The normalized spacial score (nSPS) is 25.3.